The van der Waals surface area contributed by atoms with Crippen LogP contribution in [-0.4, -0.2) is 36.5 Å². The molecule has 0 fully saturated rings. The van der Waals surface area contributed by atoms with E-state index in [1.807, 2.05) is 0 Å². The zero-order chi connectivity index (χ0) is 18.6. The van der Waals surface area contributed by atoms with Gasteiger partial charge in [-0.1, -0.05) is 34.8 Å². The minimum atomic E-state index is -1.34. The van der Waals surface area contributed by atoms with Gasteiger partial charge in [0.2, 0.25) is 0 Å². The fourth-order valence-electron chi connectivity index (χ4n) is 1.85. The van der Waals surface area contributed by atoms with Crippen molar-refractivity contribution in [2.45, 2.75) is 0 Å². The largest absolute Gasteiger partial charge is 0.497 e. The van der Waals surface area contributed by atoms with Crippen LogP contribution in [0.15, 0.2) is 23.3 Å². The van der Waals surface area contributed by atoms with Gasteiger partial charge in [-0.15, -0.1) is 0 Å². The molecule has 25 heavy (non-hydrogen) atoms. The van der Waals surface area contributed by atoms with Crippen molar-refractivity contribution < 1.29 is 19.4 Å². The summed E-state index contributed by atoms with van der Waals surface area (Å²) in [6.07, 6.45) is 1.44. The number of carboxylic acid groups (broad SMARTS) is 1. The van der Waals surface area contributed by atoms with Crippen LogP contribution < -0.4 is 14.9 Å². The maximum atomic E-state index is 11.1. The first-order chi connectivity index (χ1) is 11.9. The number of anilines is 1. The summed E-state index contributed by atoms with van der Waals surface area (Å²) in [6.45, 7) is 0. The molecule has 0 aliphatic rings. The Labute approximate surface area is 158 Å². The highest BCUT2D eigenvalue weighted by molar-refractivity contribution is 6.46. The maximum Gasteiger partial charge on any atom is 0.356 e. The molecule has 0 bridgehead atoms. The normalized spacial score (nSPS) is 10.8. The number of aromatic carboxylic acids is 1. The summed E-state index contributed by atoms with van der Waals surface area (Å²) in [4.78, 5) is 14.8. The summed E-state index contributed by atoms with van der Waals surface area (Å²) in [5.74, 6) is -0.187. The highest BCUT2D eigenvalue weighted by Crippen LogP contribution is 2.36. The third-order valence-corrected chi connectivity index (χ3v) is 4.17. The predicted octanol–water partition coefficient (Wildman–Crippen LogP) is 4.20. The van der Waals surface area contributed by atoms with E-state index < -0.39 is 11.7 Å². The smallest absolute Gasteiger partial charge is 0.356 e. The Morgan fingerprint density at radius 2 is 1.96 bits per heavy atom. The van der Waals surface area contributed by atoms with Crippen LogP contribution in [0.3, 0.4) is 0 Å². The minimum Gasteiger partial charge on any atom is -0.497 e. The SMILES string of the molecule is COc1ccc(C=NNc2c(Cl)c(Cl)nc(C(=O)O)c2Cl)c(OC)c1. The molecule has 2 rings (SSSR count). The van der Waals surface area contributed by atoms with E-state index in [1.165, 1.54) is 13.3 Å². The highest BCUT2D eigenvalue weighted by Gasteiger charge is 2.20. The van der Waals surface area contributed by atoms with Crippen LogP contribution in [0.25, 0.3) is 0 Å². The van der Waals surface area contributed by atoms with Crippen molar-refractivity contribution in [3.05, 3.63) is 44.7 Å². The number of methoxy groups -OCH3 is 2. The molecule has 2 aromatic rings. The number of carbonyl (C=O) groups is 1. The number of nitrogens with one attached hydrogen (secondary N) is 1. The maximum absolute atomic E-state index is 11.1. The molecule has 7 nitrogen and oxygen atoms in total. The fraction of sp³-hybridized carbons (Fsp3) is 0.133. The lowest BCUT2D eigenvalue weighted by Gasteiger charge is -2.10. The fourth-order valence-corrected chi connectivity index (χ4v) is 2.51. The number of halogens is 3. The molecular weight excluding hydrogens is 393 g/mol. The average molecular weight is 405 g/mol. The number of hydrogen-bond donors (Lipinski definition) is 2. The van der Waals surface area contributed by atoms with Crippen molar-refractivity contribution >= 4 is 52.7 Å². The van der Waals surface area contributed by atoms with Crippen molar-refractivity contribution in [3.63, 3.8) is 0 Å². The third kappa shape index (κ3) is 4.25. The first kappa shape index (κ1) is 19.1. The number of benzene rings is 1. The van der Waals surface area contributed by atoms with Gasteiger partial charge >= 0.3 is 5.97 Å². The summed E-state index contributed by atoms with van der Waals surface area (Å²) in [5.41, 5.74) is 2.81. The van der Waals surface area contributed by atoms with Gasteiger partial charge in [0.1, 0.15) is 21.5 Å². The lowest BCUT2D eigenvalue weighted by molar-refractivity contribution is 0.0691. The molecule has 132 valence electrons. The van der Waals surface area contributed by atoms with E-state index in [2.05, 4.69) is 15.5 Å². The molecule has 0 amide bonds. The van der Waals surface area contributed by atoms with Crippen LogP contribution in [0.5, 0.6) is 11.5 Å². The van der Waals surface area contributed by atoms with E-state index in [1.54, 1.807) is 25.3 Å². The second-order valence-electron chi connectivity index (χ2n) is 4.54. The van der Waals surface area contributed by atoms with Gasteiger partial charge in [-0.05, 0) is 12.1 Å². The van der Waals surface area contributed by atoms with Crippen molar-refractivity contribution in [2.24, 2.45) is 5.10 Å². The first-order valence-corrected chi connectivity index (χ1v) is 7.81. The van der Waals surface area contributed by atoms with Gasteiger partial charge in [0.15, 0.2) is 10.8 Å². The minimum absolute atomic E-state index is 0.0319. The monoisotopic (exact) mass is 403 g/mol. The summed E-state index contributed by atoms with van der Waals surface area (Å²) in [5, 5.41) is 12.6. The lowest BCUT2D eigenvalue weighted by Crippen LogP contribution is -2.05. The lowest BCUT2D eigenvalue weighted by atomic mass is 10.2. The molecule has 0 aliphatic heterocycles. The van der Waals surface area contributed by atoms with Crippen LogP contribution >= 0.6 is 34.8 Å². The quantitative estimate of drug-likeness (QED) is 0.426. The van der Waals surface area contributed by atoms with Crippen LogP contribution in [0.1, 0.15) is 16.1 Å². The summed E-state index contributed by atoms with van der Waals surface area (Å²) in [7, 11) is 3.05. The number of hydrazone groups is 1. The van der Waals surface area contributed by atoms with E-state index in [4.69, 9.17) is 49.4 Å². The van der Waals surface area contributed by atoms with Crippen molar-refractivity contribution in [2.75, 3.05) is 19.6 Å². The third-order valence-electron chi connectivity index (χ3n) is 3.06. The second kappa shape index (κ2) is 8.24. The second-order valence-corrected chi connectivity index (χ2v) is 5.65. The van der Waals surface area contributed by atoms with Gasteiger partial charge in [-0.2, -0.15) is 5.10 Å². The molecule has 1 aromatic carbocycles. The number of pyridine rings is 1. The van der Waals surface area contributed by atoms with Crippen molar-refractivity contribution in [1.82, 2.24) is 4.98 Å². The molecular formula is C15H12Cl3N3O4. The van der Waals surface area contributed by atoms with Gasteiger partial charge in [0.25, 0.3) is 0 Å². The molecule has 2 N–H and O–H groups in total. The Kier molecular flexibility index (Phi) is 6.30. The Morgan fingerprint density at radius 3 is 2.56 bits per heavy atom. The zero-order valence-corrected chi connectivity index (χ0v) is 15.3. The molecule has 0 saturated carbocycles. The van der Waals surface area contributed by atoms with Crippen LogP contribution in [-0.2, 0) is 0 Å². The Bertz CT molecular complexity index is 843. The average Bonchev–Trinajstić information content (AvgIpc) is 2.60. The zero-order valence-electron chi connectivity index (χ0n) is 13.0. The molecule has 1 aromatic heterocycles. The Morgan fingerprint density at radius 1 is 1.24 bits per heavy atom. The standard InChI is InChI=1S/C15H12Cl3N3O4/c1-24-8-4-3-7(9(5-8)25-2)6-19-21-12-10(16)13(15(22)23)20-14(18)11(12)17/h3-6H,1-2H3,(H,20,21)(H,22,23). The highest BCUT2D eigenvalue weighted by atomic mass is 35.5. The van der Waals surface area contributed by atoms with Crippen molar-refractivity contribution in [1.29, 1.82) is 0 Å². The van der Waals surface area contributed by atoms with Gasteiger partial charge in [0, 0.05) is 11.6 Å². The van der Waals surface area contributed by atoms with E-state index in [-0.39, 0.29) is 20.9 Å². The molecule has 0 saturated heterocycles. The number of hydrogen-bond acceptors (Lipinski definition) is 6. The number of carboxylic acids is 1. The first-order valence-electron chi connectivity index (χ1n) is 6.68. The number of aromatic nitrogens is 1. The van der Waals surface area contributed by atoms with Gasteiger partial charge < -0.3 is 14.6 Å². The number of ether oxygens (including phenoxy) is 2. The number of rotatable bonds is 6. The van der Waals surface area contributed by atoms with Gasteiger partial charge in [-0.25, -0.2) is 9.78 Å². The predicted molar refractivity (Wildman–Crippen MR) is 97.0 cm³/mol. The molecule has 1 heterocycles. The Hall–Kier alpha value is -2.22. The summed E-state index contributed by atoms with van der Waals surface area (Å²) in [6, 6.07) is 5.15. The van der Waals surface area contributed by atoms with Gasteiger partial charge in [-0.3, -0.25) is 5.43 Å². The van der Waals surface area contributed by atoms with Crippen molar-refractivity contribution in [3.8, 4) is 11.5 Å². The van der Waals surface area contributed by atoms with Crippen LogP contribution in [0.2, 0.25) is 15.2 Å². The van der Waals surface area contributed by atoms with Crippen LogP contribution in [0, 0.1) is 0 Å². The summed E-state index contributed by atoms with van der Waals surface area (Å²) >= 11 is 17.8. The van der Waals surface area contributed by atoms with Crippen LogP contribution in [0.4, 0.5) is 5.69 Å². The van der Waals surface area contributed by atoms with Gasteiger partial charge in [0.05, 0.1) is 26.1 Å². The topological polar surface area (TPSA) is 93.0 Å². The molecule has 0 aliphatic carbocycles. The van der Waals surface area contributed by atoms with E-state index in [0.29, 0.717) is 17.1 Å². The molecule has 0 unspecified atom stereocenters. The molecule has 0 radical (unpaired) electrons. The summed E-state index contributed by atoms with van der Waals surface area (Å²) < 4.78 is 10.4. The van der Waals surface area contributed by atoms with E-state index in [0.717, 1.165) is 0 Å². The Balaban J connectivity index is 2.33. The molecule has 10 heteroatoms. The molecule has 0 atom stereocenters. The number of nitrogens with zero attached hydrogens (tertiary/aromatic N) is 2. The molecule has 0 spiro atoms. The van der Waals surface area contributed by atoms with E-state index >= 15 is 0 Å². The van der Waals surface area contributed by atoms with E-state index in [9.17, 15) is 4.79 Å².